The van der Waals surface area contributed by atoms with Crippen LogP contribution in [0.15, 0.2) is 48.6 Å². The lowest BCUT2D eigenvalue weighted by Gasteiger charge is -2.06. The number of hydrogen-bond donors (Lipinski definition) is 0. The van der Waals surface area contributed by atoms with Gasteiger partial charge >= 0.3 is 6.18 Å². The fraction of sp³-hybridized carbons (Fsp3) is 0.500. The minimum absolute atomic E-state index is 0.584. The van der Waals surface area contributed by atoms with Crippen LogP contribution in [0.4, 0.5) is 13.2 Å². The maximum atomic E-state index is 12.0. The summed E-state index contributed by atoms with van der Waals surface area (Å²) in [6, 6.07) is 5.23. The highest BCUT2D eigenvalue weighted by Gasteiger charge is 2.29. The molecule has 0 amide bonds. The van der Waals surface area contributed by atoms with Gasteiger partial charge in [0, 0.05) is 0 Å². The van der Waals surface area contributed by atoms with Crippen LogP contribution in [0.5, 0.6) is 0 Å². The normalized spacial score (nSPS) is 8.58. The van der Waals surface area contributed by atoms with Gasteiger partial charge in [0.1, 0.15) is 6.29 Å². The van der Waals surface area contributed by atoms with Gasteiger partial charge in [-0.05, 0) is 58.2 Å². The lowest BCUT2D eigenvalue weighted by Crippen LogP contribution is -2.04. The van der Waals surface area contributed by atoms with Crippen LogP contribution < -0.4 is 0 Å². The van der Waals surface area contributed by atoms with Crippen LogP contribution in [-0.4, -0.2) is 6.29 Å². The summed E-state index contributed by atoms with van der Waals surface area (Å²) in [5.74, 6) is 0. The molecule has 0 aromatic heterocycles. The number of benzene rings is 1. The standard InChI is InChI=1S/C9H9F3.C7H14.C2H4O.C2H6.C2H4/c1-2-7-3-5-8(6-4-7)9(10,11)12;1-5-7(4)6(2)3;1-2-3;2*1-2/h3-6H,2H2,1H3;5H2,1-4H3;2H,1H3;1-2H3;1-2H2. The van der Waals surface area contributed by atoms with E-state index >= 15 is 0 Å². The second kappa shape index (κ2) is 21.2. The van der Waals surface area contributed by atoms with Gasteiger partial charge in [-0.25, -0.2) is 0 Å². The highest BCUT2D eigenvalue weighted by Crippen LogP contribution is 2.29. The van der Waals surface area contributed by atoms with E-state index in [0.29, 0.717) is 0 Å². The molecule has 0 unspecified atom stereocenters. The largest absolute Gasteiger partial charge is 0.416 e. The summed E-state index contributed by atoms with van der Waals surface area (Å²) in [7, 11) is 0. The second-order valence-electron chi connectivity index (χ2n) is 4.92. The first-order chi connectivity index (χ1) is 12.1. The zero-order valence-corrected chi connectivity index (χ0v) is 17.8. The molecule has 4 heteroatoms. The first-order valence-corrected chi connectivity index (χ1v) is 8.82. The molecular weight excluding hydrogens is 337 g/mol. The van der Waals surface area contributed by atoms with Crippen molar-refractivity contribution in [2.45, 2.75) is 74.4 Å². The maximum Gasteiger partial charge on any atom is 0.416 e. The van der Waals surface area contributed by atoms with Crippen LogP contribution in [0.1, 0.15) is 72.9 Å². The molecule has 0 fully saturated rings. The van der Waals surface area contributed by atoms with Crippen molar-refractivity contribution in [2.75, 3.05) is 0 Å². The molecule has 1 rings (SSSR count). The predicted octanol–water partition coefficient (Wildman–Crippen LogP) is 8.05. The van der Waals surface area contributed by atoms with Gasteiger partial charge in [0.2, 0.25) is 0 Å². The number of aryl methyl sites for hydroxylation is 1. The van der Waals surface area contributed by atoms with Crippen LogP contribution in [-0.2, 0) is 17.4 Å². The lowest BCUT2D eigenvalue weighted by atomic mass is 10.1. The van der Waals surface area contributed by atoms with Gasteiger partial charge in [-0.15, -0.1) is 13.2 Å². The Balaban J connectivity index is -0.000000148. The summed E-state index contributed by atoms with van der Waals surface area (Å²) in [6.45, 7) is 22.0. The van der Waals surface area contributed by atoms with E-state index in [9.17, 15) is 13.2 Å². The molecule has 0 bridgehead atoms. The van der Waals surface area contributed by atoms with E-state index in [1.54, 1.807) is 0 Å². The molecule has 0 aliphatic rings. The number of carbonyl (C=O) groups excluding carboxylic acids is 1. The quantitative estimate of drug-likeness (QED) is 0.378. The highest BCUT2D eigenvalue weighted by atomic mass is 19.4. The fourth-order valence-corrected chi connectivity index (χ4v) is 1.28. The van der Waals surface area contributed by atoms with E-state index in [0.717, 1.165) is 30.4 Å². The molecule has 0 saturated heterocycles. The topological polar surface area (TPSA) is 17.1 Å². The van der Waals surface area contributed by atoms with Crippen LogP contribution in [0.3, 0.4) is 0 Å². The average Bonchev–Trinajstić information content (AvgIpc) is 2.64. The van der Waals surface area contributed by atoms with Gasteiger partial charge in [0.15, 0.2) is 0 Å². The zero-order valence-electron chi connectivity index (χ0n) is 17.8. The Kier molecular flexibility index (Phi) is 26.0. The van der Waals surface area contributed by atoms with Crippen molar-refractivity contribution in [3.63, 3.8) is 0 Å². The van der Waals surface area contributed by atoms with Crippen LogP contribution in [0.2, 0.25) is 0 Å². The summed E-state index contributed by atoms with van der Waals surface area (Å²) in [5, 5.41) is 0. The van der Waals surface area contributed by atoms with Gasteiger partial charge in [-0.1, -0.05) is 51.0 Å². The smallest absolute Gasteiger partial charge is 0.304 e. The van der Waals surface area contributed by atoms with Crippen molar-refractivity contribution >= 4 is 6.29 Å². The van der Waals surface area contributed by atoms with Crippen LogP contribution in [0, 0.1) is 0 Å². The summed E-state index contributed by atoms with van der Waals surface area (Å²) in [4.78, 5) is 8.81. The summed E-state index contributed by atoms with van der Waals surface area (Å²) >= 11 is 0. The average molecular weight is 375 g/mol. The molecule has 0 N–H and O–H groups in total. The first kappa shape index (κ1) is 31.9. The summed E-state index contributed by atoms with van der Waals surface area (Å²) in [5.41, 5.74) is 3.31. The van der Waals surface area contributed by atoms with E-state index < -0.39 is 11.7 Å². The van der Waals surface area contributed by atoms with Crippen molar-refractivity contribution in [3.8, 4) is 0 Å². The van der Waals surface area contributed by atoms with Gasteiger partial charge in [-0.2, -0.15) is 13.2 Å². The predicted molar refractivity (Wildman–Crippen MR) is 110 cm³/mol. The number of hydrogen-bond acceptors (Lipinski definition) is 1. The third-order valence-corrected chi connectivity index (χ3v) is 3.07. The molecule has 0 aliphatic carbocycles. The third kappa shape index (κ3) is 20.2. The SMILES string of the molecule is C=C.CC.CC=O.CCC(C)=C(C)C.CCc1ccc(C(F)(F)F)cc1. The molecule has 0 aliphatic heterocycles. The number of alkyl halides is 3. The monoisotopic (exact) mass is 374 g/mol. The summed E-state index contributed by atoms with van der Waals surface area (Å²) in [6.07, 6.45) is -1.51. The van der Waals surface area contributed by atoms with Gasteiger partial charge in [0.25, 0.3) is 0 Å². The number of allylic oxidation sites excluding steroid dienone is 2. The van der Waals surface area contributed by atoms with Gasteiger partial charge < -0.3 is 4.79 Å². The highest BCUT2D eigenvalue weighted by molar-refractivity contribution is 5.44. The molecular formula is C22H37F3O. The van der Waals surface area contributed by atoms with Crippen LogP contribution >= 0.6 is 0 Å². The molecule has 1 aromatic rings. The molecule has 1 aromatic carbocycles. The second-order valence-corrected chi connectivity index (χ2v) is 4.92. The van der Waals surface area contributed by atoms with Crippen molar-refractivity contribution in [2.24, 2.45) is 0 Å². The van der Waals surface area contributed by atoms with Crippen molar-refractivity contribution in [3.05, 3.63) is 59.7 Å². The molecule has 1 nitrogen and oxygen atoms in total. The number of aldehydes is 1. The Labute approximate surface area is 159 Å². The number of carbonyl (C=O) groups is 1. The number of rotatable bonds is 2. The first-order valence-electron chi connectivity index (χ1n) is 8.82. The molecule has 0 radical (unpaired) electrons. The molecule has 0 heterocycles. The Morgan fingerprint density at radius 2 is 1.35 bits per heavy atom. The van der Waals surface area contributed by atoms with E-state index in [4.69, 9.17) is 4.79 Å². The van der Waals surface area contributed by atoms with Crippen molar-refractivity contribution in [1.29, 1.82) is 0 Å². The maximum absolute atomic E-state index is 12.0. The minimum Gasteiger partial charge on any atom is -0.304 e. The Morgan fingerprint density at radius 3 is 1.50 bits per heavy atom. The minimum atomic E-state index is -4.22. The molecule has 26 heavy (non-hydrogen) atoms. The molecule has 0 spiro atoms. The van der Waals surface area contributed by atoms with Crippen molar-refractivity contribution in [1.82, 2.24) is 0 Å². The molecule has 0 atom stereocenters. The molecule has 152 valence electrons. The van der Waals surface area contributed by atoms with Gasteiger partial charge in [0.05, 0.1) is 5.56 Å². The van der Waals surface area contributed by atoms with E-state index in [-0.39, 0.29) is 0 Å². The van der Waals surface area contributed by atoms with E-state index in [2.05, 4.69) is 40.9 Å². The Hall–Kier alpha value is -1.84. The van der Waals surface area contributed by atoms with Crippen molar-refractivity contribution < 1.29 is 18.0 Å². The van der Waals surface area contributed by atoms with Gasteiger partial charge in [-0.3, -0.25) is 0 Å². The molecule has 0 saturated carbocycles. The summed E-state index contributed by atoms with van der Waals surface area (Å²) < 4.78 is 36.1. The van der Waals surface area contributed by atoms with E-state index in [1.807, 2.05) is 20.8 Å². The Bertz CT molecular complexity index is 453. The Morgan fingerprint density at radius 1 is 1.00 bits per heavy atom. The fourth-order valence-electron chi connectivity index (χ4n) is 1.28. The number of halogens is 3. The third-order valence-electron chi connectivity index (χ3n) is 3.07. The van der Waals surface area contributed by atoms with Crippen LogP contribution in [0.25, 0.3) is 0 Å². The van der Waals surface area contributed by atoms with E-state index in [1.165, 1.54) is 36.6 Å². The zero-order chi connectivity index (χ0) is 21.8. The lowest BCUT2D eigenvalue weighted by molar-refractivity contribution is -0.137.